The monoisotopic (exact) mass is 1690 g/mol. The van der Waals surface area contributed by atoms with Gasteiger partial charge >= 0.3 is 35.3 Å². The van der Waals surface area contributed by atoms with Crippen LogP contribution in [0, 0.1) is 0 Å². The zero-order valence-electron chi connectivity index (χ0n) is 74.8. The lowest BCUT2D eigenvalue weighted by Gasteiger charge is -2.28. The molecular formula is C97H151ClN6O16. The number of carboxylic acid groups (broad SMARTS) is 2. The first-order valence-electron chi connectivity index (χ1n) is 45.2. The summed E-state index contributed by atoms with van der Waals surface area (Å²) in [7, 11) is 0. The molecule has 0 radical (unpaired) electrons. The van der Waals surface area contributed by atoms with Gasteiger partial charge in [0.15, 0.2) is 0 Å². The van der Waals surface area contributed by atoms with Gasteiger partial charge in [-0.25, -0.2) is 14.4 Å². The number of ether oxygens (including phenoxy) is 4. The molecule has 0 bridgehead atoms. The molecule has 2 atom stereocenters. The van der Waals surface area contributed by atoms with Gasteiger partial charge in [-0.15, -0.1) is 0 Å². The molecule has 0 spiro atoms. The summed E-state index contributed by atoms with van der Waals surface area (Å²) in [4.78, 5) is 121. The molecule has 120 heavy (non-hydrogen) atoms. The minimum absolute atomic E-state index is 0.00483. The van der Waals surface area contributed by atoms with E-state index in [9.17, 15) is 58.2 Å². The zero-order chi connectivity index (χ0) is 88.5. The van der Waals surface area contributed by atoms with E-state index in [-0.39, 0.29) is 112 Å². The minimum Gasteiger partial charge on any atom is -0.480 e. The van der Waals surface area contributed by atoms with Crippen LogP contribution in [0.2, 0.25) is 0 Å². The maximum absolute atomic E-state index is 12.5. The van der Waals surface area contributed by atoms with E-state index in [1.165, 1.54) is 136 Å². The normalized spacial score (nSPS) is 12.5. The topological polar surface area (TPSA) is 325 Å². The number of benzene rings is 4. The van der Waals surface area contributed by atoms with E-state index in [0.717, 1.165) is 88.3 Å². The van der Waals surface area contributed by atoms with Crippen molar-refractivity contribution in [3.63, 3.8) is 0 Å². The van der Waals surface area contributed by atoms with Crippen molar-refractivity contribution in [3.05, 3.63) is 119 Å². The second-order valence-corrected chi connectivity index (χ2v) is 34.7. The quantitative estimate of drug-likeness (QED) is 0.00934. The lowest BCUT2D eigenvalue weighted by atomic mass is 9.98. The van der Waals surface area contributed by atoms with Crippen LogP contribution in [0.5, 0.6) is 0 Å². The Morgan fingerprint density at radius 1 is 0.383 bits per heavy atom. The molecule has 2 aliphatic carbocycles. The standard InChI is InChI=1S/C45H66N2O8.C29H55N3O6.C15H11ClO2.C8H19N/c1-45(2,3)55-43(51)28-17-15-13-11-9-7-5-4-6-8-10-12-14-16-27-41(49)47-39(44(52)53)30-31-40(48)46-32-22-29-42(50)54-33-38-36-25-20-18-23-34(36)35-24-19-21-26-37(35)38;1-29(2,3)38-27(35)19-17-15-13-11-9-7-5-4-6-8-10-12-14-16-18-26(34)32-24(28(36)37)20-21-25(33)31-23-22-30;16-15(17)18-9-14-12-7-3-1-5-10(12)11-6-2-4-8-13(11)14;1-6-9(7(2)3)8(4)5/h18-21,23-26,38-39H,4-17,22,27-33H2,1-3H3,(H,46,48)(H,47,49)(H,52,53);24H,4-23,30H2,1-3H3,(H,31,33)(H,32,34)(H,36,37);1-8,14H,9H2;7-8H,6H2,1-5H3/t39-;24-;;/m00../s1. The fraction of sp³-hybridized carbons (Fsp3) is 0.649. The molecule has 2 aliphatic rings. The minimum atomic E-state index is -1.16. The van der Waals surface area contributed by atoms with Crippen LogP contribution >= 0.6 is 11.6 Å². The van der Waals surface area contributed by atoms with Crippen molar-refractivity contribution in [3.8, 4) is 22.3 Å². The number of amides is 4. The largest absolute Gasteiger partial charge is 0.480 e. The summed E-state index contributed by atoms with van der Waals surface area (Å²) in [6.07, 6.45) is 33.8. The molecule has 4 aromatic carbocycles. The Morgan fingerprint density at radius 2 is 0.658 bits per heavy atom. The number of unbranched alkanes of at least 4 members (excludes halogenated alkanes) is 26. The highest BCUT2D eigenvalue weighted by atomic mass is 35.5. The van der Waals surface area contributed by atoms with Gasteiger partial charge in [0.1, 0.15) is 36.5 Å². The van der Waals surface area contributed by atoms with Crippen molar-refractivity contribution in [1.82, 2.24) is 26.2 Å². The van der Waals surface area contributed by atoms with Crippen LogP contribution in [0.15, 0.2) is 97.1 Å². The number of carbonyl (C=O) groups is 10. The van der Waals surface area contributed by atoms with E-state index < -0.39 is 40.7 Å². The molecule has 0 aliphatic heterocycles. The second-order valence-electron chi connectivity index (χ2n) is 34.4. The van der Waals surface area contributed by atoms with Crippen LogP contribution < -0.4 is 27.0 Å². The Balaban J connectivity index is 0.000000487. The van der Waals surface area contributed by atoms with Gasteiger partial charge in [0.2, 0.25) is 23.6 Å². The number of nitrogens with zero attached hydrogens (tertiary/aromatic N) is 1. The van der Waals surface area contributed by atoms with Gasteiger partial charge in [-0.2, -0.15) is 0 Å². The van der Waals surface area contributed by atoms with E-state index in [1.54, 1.807) is 0 Å². The van der Waals surface area contributed by atoms with Crippen LogP contribution in [0.3, 0.4) is 0 Å². The predicted molar refractivity (Wildman–Crippen MR) is 480 cm³/mol. The number of hydrogen-bond acceptors (Lipinski definition) is 16. The number of nitrogens with one attached hydrogen (secondary N) is 4. The Morgan fingerprint density at radius 3 is 0.925 bits per heavy atom. The maximum atomic E-state index is 12.5. The molecule has 0 saturated heterocycles. The van der Waals surface area contributed by atoms with Gasteiger partial charge < -0.3 is 56.2 Å². The van der Waals surface area contributed by atoms with Gasteiger partial charge in [-0.3, -0.25) is 38.5 Å². The molecule has 0 fully saturated rings. The van der Waals surface area contributed by atoms with Crippen LogP contribution in [-0.2, 0) is 62.1 Å². The van der Waals surface area contributed by atoms with Crippen molar-refractivity contribution in [1.29, 1.82) is 0 Å². The average Bonchev–Trinajstić information content (AvgIpc) is 1.62. The summed E-state index contributed by atoms with van der Waals surface area (Å²) in [5, 5.41) is 29.3. The number of hydrogen-bond donors (Lipinski definition) is 7. The summed E-state index contributed by atoms with van der Waals surface area (Å²) in [6.45, 7) is 25.2. The van der Waals surface area contributed by atoms with Crippen LogP contribution in [-0.4, -0.2) is 149 Å². The molecule has 0 unspecified atom stereocenters. The van der Waals surface area contributed by atoms with Crippen LogP contribution in [0.25, 0.3) is 22.3 Å². The molecule has 0 heterocycles. The third kappa shape index (κ3) is 47.8. The van der Waals surface area contributed by atoms with E-state index >= 15 is 0 Å². The van der Waals surface area contributed by atoms with E-state index in [4.69, 9.17) is 36.3 Å². The van der Waals surface area contributed by atoms with E-state index in [1.807, 2.05) is 90.1 Å². The Labute approximate surface area is 724 Å². The number of esters is 3. The Hall–Kier alpha value is -8.21. The number of fused-ring (bicyclic) bond motifs is 6. The summed E-state index contributed by atoms with van der Waals surface area (Å²) in [5.41, 5.74) is 13.2. The van der Waals surface area contributed by atoms with Crippen molar-refractivity contribution in [2.24, 2.45) is 5.73 Å². The Kier molecular flexibility index (Phi) is 54.7. The van der Waals surface area contributed by atoms with Crippen LogP contribution in [0.1, 0.15) is 354 Å². The van der Waals surface area contributed by atoms with Gasteiger partial charge in [0.25, 0.3) is 0 Å². The van der Waals surface area contributed by atoms with Gasteiger partial charge in [0, 0.05) is 100 Å². The van der Waals surface area contributed by atoms with E-state index in [2.05, 4.69) is 109 Å². The lowest BCUT2D eigenvalue weighted by molar-refractivity contribution is -0.156. The molecule has 22 nitrogen and oxygen atoms in total. The third-order valence-corrected chi connectivity index (χ3v) is 21.3. The fourth-order valence-corrected chi connectivity index (χ4v) is 15.3. The smallest absolute Gasteiger partial charge is 0.403 e. The molecule has 0 aromatic heterocycles. The van der Waals surface area contributed by atoms with Crippen molar-refractivity contribution in [2.45, 2.75) is 367 Å². The number of nitrogens with two attached hydrogens (primary N) is 1. The molecule has 672 valence electrons. The molecule has 4 amide bonds. The SMILES string of the molecule is CC(C)(C)OC(=O)CCCCCCCCCCCCCCCCC(=O)N[C@@H](CCC(=O)NCCCC(=O)OCC1c2ccccc2-c2ccccc21)C(=O)O.CC(C)(C)OC(=O)CCCCCCCCCCCCCCCCC(=O)N[C@@H](CCC(=O)NCCN)C(=O)O.CCN(C(C)C)C(C)C.O=C(Cl)OCC1c2ccccc2-c2ccccc21. The third-order valence-electron chi connectivity index (χ3n) is 21.2. The summed E-state index contributed by atoms with van der Waals surface area (Å²) in [6, 6.07) is 31.9. The number of rotatable bonds is 57. The van der Waals surface area contributed by atoms with Crippen LogP contribution in [0.4, 0.5) is 4.79 Å². The molecule has 4 aromatic rings. The fourth-order valence-electron chi connectivity index (χ4n) is 15.2. The summed E-state index contributed by atoms with van der Waals surface area (Å²) < 4.78 is 21.2. The maximum Gasteiger partial charge on any atom is 0.403 e. The number of aliphatic carboxylic acids is 2. The number of carbonyl (C=O) groups excluding carboxylic acids is 8. The van der Waals surface area contributed by atoms with E-state index in [0.29, 0.717) is 57.3 Å². The number of halogens is 1. The van der Waals surface area contributed by atoms with Gasteiger partial charge in [-0.05, 0) is 165 Å². The first-order chi connectivity index (χ1) is 57.4. The average molecular weight is 1690 g/mol. The van der Waals surface area contributed by atoms with Crippen molar-refractivity contribution in [2.75, 3.05) is 39.4 Å². The zero-order valence-corrected chi connectivity index (χ0v) is 75.6. The Bertz CT molecular complexity index is 3530. The molecule has 23 heteroatoms. The first-order valence-corrected chi connectivity index (χ1v) is 45.5. The van der Waals surface area contributed by atoms with Crippen molar-refractivity contribution >= 4 is 70.5 Å². The molecule has 0 saturated carbocycles. The predicted octanol–water partition coefficient (Wildman–Crippen LogP) is 20.5. The molecular weight excluding hydrogens is 1540 g/mol. The van der Waals surface area contributed by atoms with Gasteiger partial charge in [0.05, 0.1) is 0 Å². The van der Waals surface area contributed by atoms with Gasteiger partial charge in [-0.1, -0.05) is 258 Å². The highest BCUT2D eigenvalue weighted by Crippen LogP contribution is 2.46. The molecule has 8 N–H and O–H groups in total. The molecule has 6 rings (SSSR count). The second kappa shape index (κ2) is 62.0. The number of carboxylic acids is 2. The van der Waals surface area contributed by atoms with Crippen molar-refractivity contribution < 1.29 is 77.1 Å². The highest BCUT2D eigenvalue weighted by molar-refractivity contribution is 6.61. The first kappa shape index (κ1) is 106. The summed E-state index contributed by atoms with van der Waals surface area (Å²) in [5.74, 6) is -3.90. The summed E-state index contributed by atoms with van der Waals surface area (Å²) >= 11 is 5.25. The highest BCUT2D eigenvalue weighted by Gasteiger charge is 2.31. The lowest BCUT2D eigenvalue weighted by Crippen LogP contribution is -2.41.